The molecule has 0 unspecified atom stereocenters. The highest BCUT2D eigenvalue weighted by molar-refractivity contribution is 5.79. The van der Waals surface area contributed by atoms with Gasteiger partial charge in [-0.3, -0.25) is 4.79 Å². The minimum Gasteiger partial charge on any atom is -0.550 e. The molecule has 0 fully saturated rings. The van der Waals surface area contributed by atoms with Crippen molar-refractivity contribution in [2.75, 3.05) is 13.2 Å². The normalized spacial score (nSPS) is 9.95. The number of benzene rings is 1. The van der Waals surface area contributed by atoms with Crippen molar-refractivity contribution in [2.45, 2.75) is 26.2 Å². The van der Waals surface area contributed by atoms with Gasteiger partial charge in [-0.2, -0.15) is 0 Å². The third-order valence-corrected chi connectivity index (χ3v) is 2.58. The second kappa shape index (κ2) is 8.13. The van der Waals surface area contributed by atoms with Crippen molar-refractivity contribution in [3.8, 4) is 5.75 Å². The van der Waals surface area contributed by atoms with Gasteiger partial charge >= 0.3 is 0 Å². The average molecular weight is 264 g/mol. The number of aryl methyl sites for hydroxylation is 1. The van der Waals surface area contributed by atoms with E-state index in [0.29, 0.717) is 13.2 Å². The molecule has 0 aliphatic rings. The van der Waals surface area contributed by atoms with Crippen molar-refractivity contribution in [3.63, 3.8) is 0 Å². The summed E-state index contributed by atoms with van der Waals surface area (Å²) in [7, 11) is 0. The van der Waals surface area contributed by atoms with E-state index in [-0.39, 0.29) is 18.7 Å². The van der Waals surface area contributed by atoms with Gasteiger partial charge in [0.25, 0.3) is 0 Å². The number of carbonyl (C=O) groups is 2. The number of rotatable bonds is 8. The second-order valence-electron chi connectivity index (χ2n) is 4.07. The summed E-state index contributed by atoms with van der Waals surface area (Å²) in [5, 5.41) is 12.7. The van der Waals surface area contributed by atoms with Crippen molar-refractivity contribution in [1.82, 2.24) is 5.32 Å². The van der Waals surface area contributed by atoms with E-state index in [2.05, 4.69) is 12.2 Å². The minimum absolute atomic E-state index is 0.0620. The molecule has 5 heteroatoms. The van der Waals surface area contributed by atoms with Crippen LogP contribution >= 0.6 is 0 Å². The first kappa shape index (κ1) is 15.0. The largest absolute Gasteiger partial charge is 0.550 e. The fourth-order valence-corrected chi connectivity index (χ4v) is 1.48. The fourth-order valence-electron chi connectivity index (χ4n) is 1.48. The molecule has 1 amide bonds. The van der Waals surface area contributed by atoms with Gasteiger partial charge in [0.2, 0.25) is 5.91 Å². The van der Waals surface area contributed by atoms with Crippen LogP contribution in [0.25, 0.3) is 0 Å². The van der Waals surface area contributed by atoms with Crippen LogP contribution in [0.15, 0.2) is 24.3 Å². The van der Waals surface area contributed by atoms with Gasteiger partial charge in [0.1, 0.15) is 12.4 Å². The van der Waals surface area contributed by atoms with Crippen LogP contribution in [0.4, 0.5) is 0 Å². The van der Waals surface area contributed by atoms with E-state index in [1.54, 1.807) is 0 Å². The lowest BCUT2D eigenvalue weighted by Crippen LogP contribution is -2.30. The molecule has 0 aromatic heterocycles. The summed E-state index contributed by atoms with van der Waals surface area (Å²) in [6, 6.07) is 7.76. The highest BCUT2D eigenvalue weighted by atomic mass is 16.5. The van der Waals surface area contributed by atoms with E-state index in [9.17, 15) is 14.7 Å². The van der Waals surface area contributed by atoms with Crippen LogP contribution in [0.3, 0.4) is 0 Å². The maximum atomic E-state index is 11.2. The zero-order chi connectivity index (χ0) is 14.1. The Hall–Kier alpha value is -2.04. The molecule has 0 aliphatic heterocycles. The Kier molecular flexibility index (Phi) is 6.43. The lowest BCUT2D eigenvalue weighted by atomic mass is 10.2. The van der Waals surface area contributed by atoms with Crippen LogP contribution < -0.4 is 15.2 Å². The monoisotopic (exact) mass is 264 g/mol. The van der Waals surface area contributed by atoms with Gasteiger partial charge in [-0.05, 0) is 30.5 Å². The molecular weight excluding hydrogens is 246 g/mol. The summed E-state index contributed by atoms with van der Waals surface area (Å²) in [6.45, 7) is 2.78. The van der Waals surface area contributed by atoms with Gasteiger partial charge in [0.05, 0.1) is 6.54 Å². The van der Waals surface area contributed by atoms with Crippen molar-refractivity contribution in [3.05, 3.63) is 29.8 Å². The Morgan fingerprint density at radius 2 is 1.89 bits per heavy atom. The molecule has 1 aromatic carbocycles. The van der Waals surface area contributed by atoms with Gasteiger partial charge in [-0.25, -0.2) is 0 Å². The molecular formula is C14H18NO4-. The Morgan fingerprint density at radius 1 is 1.21 bits per heavy atom. The Bertz CT molecular complexity index is 414. The van der Waals surface area contributed by atoms with Crippen molar-refractivity contribution in [2.24, 2.45) is 0 Å². The summed E-state index contributed by atoms with van der Waals surface area (Å²) in [6.07, 6.45) is 0.660. The van der Waals surface area contributed by atoms with Crippen LogP contribution in [0.5, 0.6) is 5.75 Å². The Balaban J connectivity index is 2.16. The van der Waals surface area contributed by atoms with Crippen LogP contribution in [0, 0.1) is 0 Å². The highest BCUT2D eigenvalue weighted by Crippen LogP contribution is 2.11. The first-order valence-electron chi connectivity index (χ1n) is 6.30. The SMILES string of the molecule is CCc1ccc(OCCNC(=O)CCC(=O)[O-])cc1. The molecule has 0 saturated carbocycles. The standard InChI is InChI=1S/C14H19NO4/c1-2-11-3-5-12(6-4-11)19-10-9-15-13(16)7-8-14(17)18/h3-6H,2,7-10H2,1H3,(H,15,16)(H,17,18)/p-1. The predicted molar refractivity (Wildman–Crippen MR) is 68.6 cm³/mol. The molecule has 1 N–H and O–H groups in total. The summed E-state index contributed by atoms with van der Waals surface area (Å²) in [5.41, 5.74) is 1.24. The number of hydrogen-bond acceptors (Lipinski definition) is 4. The molecule has 0 bridgehead atoms. The Labute approximate surface area is 112 Å². The topological polar surface area (TPSA) is 78.5 Å². The lowest BCUT2D eigenvalue weighted by Gasteiger charge is -2.08. The summed E-state index contributed by atoms with van der Waals surface area (Å²) < 4.78 is 5.44. The first-order chi connectivity index (χ1) is 9.11. The van der Waals surface area contributed by atoms with E-state index in [4.69, 9.17) is 4.74 Å². The molecule has 104 valence electrons. The molecule has 0 spiro atoms. The first-order valence-corrected chi connectivity index (χ1v) is 6.30. The molecule has 5 nitrogen and oxygen atoms in total. The van der Waals surface area contributed by atoms with Gasteiger partial charge in [-0.15, -0.1) is 0 Å². The number of aliphatic carboxylic acids is 1. The van der Waals surface area contributed by atoms with E-state index < -0.39 is 5.97 Å². The summed E-state index contributed by atoms with van der Waals surface area (Å²) in [4.78, 5) is 21.3. The van der Waals surface area contributed by atoms with Gasteiger partial charge in [-0.1, -0.05) is 19.1 Å². The van der Waals surface area contributed by atoms with E-state index in [1.165, 1.54) is 5.56 Å². The number of nitrogens with one attached hydrogen (secondary N) is 1. The third kappa shape index (κ3) is 6.45. The van der Waals surface area contributed by atoms with Crippen LogP contribution in [-0.4, -0.2) is 25.0 Å². The Morgan fingerprint density at radius 3 is 2.47 bits per heavy atom. The van der Waals surface area contributed by atoms with Crippen molar-refractivity contribution < 1.29 is 19.4 Å². The molecule has 1 aromatic rings. The number of ether oxygens (including phenoxy) is 1. The number of hydrogen-bond donors (Lipinski definition) is 1. The van der Waals surface area contributed by atoms with Crippen molar-refractivity contribution in [1.29, 1.82) is 0 Å². The van der Waals surface area contributed by atoms with Gasteiger partial charge < -0.3 is 20.0 Å². The zero-order valence-corrected chi connectivity index (χ0v) is 11.0. The number of carboxylic acids is 1. The molecule has 0 radical (unpaired) electrons. The highest BCUT2D eigenvalue weighted by Gasteiger charge is 2.00. The van der Waals surface area contributed by atoms with Crippen LogP contribution in [0.2, 0.25) is 0 Å². The zero-order valence-electron chi connectivity index (χ0n) is 11.0. The lowest BCUT2D eigenvalue weighted by molar-refractivity contribution is -0.305. The maximum Gasteiger partial charge on any atom is 0.220 e. The molecule has 1 rings (SSSR count). The molecule has 0 atom stereocenters. The minimum atomic E-state index is -1.22. The van der Waals surface area contributed by atoms with Gasteiger partial charge in [0, 0.05) is 12.4 Å². The number of amides is 1. The predicted octanol–water partition coefficient (Wildman–Crippen LogP) is 0.274. The number of carbonyl (C=O) groups excluding carboxylic acids is 2. The van der Waals surface area contributed by atoms with E-state index in [1.807, 2.05) is 24.3 Å². The molecule has 19 heavy (non-hydrogen) atoms. The molecule has 0 heterocycles. The molecule has 0 aliphatic carbocycles. The van der Waals surface area contributed by atoms with Crippen LogP contribution in [-0.2, 0) is 16.0 Å². The quantitative estimate of drug-likeness (QED) is 0.684. The summed E-state index contributed by atoms with van der Waals surface area (Å²) >= 11 is 0. The average Bonchev–Trinajstić information content (AvgIpc) is 2.42. The maximum absolute atomic E-state index is 11.2. The molecule has 0 saturated heterocycles. The van der Waals surface area contributed by atoms with Crippen LogP contribution in [0.1, 0.15) is 25.3 Å². The van der Waals surface area contributed by atoms with Crippen molar-refractivity contribution >= 4 is 11.9 Å². The fraction of sp³-hybridized carbons (Fsp3) is 0.429. The summed E-state index contributed by atoms with van der Waals surface area (Å²) in [5.74, 6) is -0.780. The third-order valence-electron chi connectivity index (χ3n) is 2.58. The smallest absolute Gasteiger partial charge is 0.220 e. The van der Waals surface area contributed by atoms with E-state index in [0.717, 1.165) is 12.2 Å². The van der Waals surface area contributed by atoms with E-state index >= 15 is 0 Å². The van der Waals surface area contributed by atoms with Gasteiger partial charge in [0.15, 0.2) is 0 Å². The second-order valence-corrected chi connectivity index (χ2v) is 4.07. The number of carboxylic acid groups (broad SMARTS) is 1.